The van der Waals surface area contributed by atoms with E-state index in [2.05, 4.69) is 25.9 Å². The minimum atomic E-state index is 0.793. The van der Waals surface area contributed by atoms with Crippen LogP contribution in [0.3, 0.4) is 0 Å². The highest BCUT2D eigenvalue weighted by atomic mass is 79.9. The van der Waals surface area contributed by atoms with Crippen molar-refractivity contribution in [1.29, 1.82) is 0 Å². The molecule has 0 spiro atoms. The maximum Gasteiger partial charge on any atom is 0.182 e. The monoisotopic (exact) mass is 273 g/mol. The van der Waals surface area contributed by atoms with E-state index in [1.165, 1.54) is 0 Å². The molecule has 16 heavy (non-hydrogen) atoms. The van der Waals surface area contributed by atoms with E-state index in [9.17, 15) is 0 Å². The molecule has 3 rings (SSSR count). The molecule has 3 nitrogen and oxygen atoms in total. The summed E-state index contributed by atoms with van der Waals surface area (Å²) in [5.41, 5.74) is 3.05. The van der Waals surface area contributed by atoms with Gasteiger partial charge in [0.15, 0.2) is 4.73 Å². The normalized spacial score (nSPS) is 10.8. The number of halogens is 1. The van der Waals surface area contributed by atoms with Gasteiger partial charge in [-0.3, -0.25) is 9.55 Å². The Hall–Kier alpha value is -1.68. The molecule has 2 aromatic heterocycles. The summed E-state index contributed by atoms with van der Waals surface area (Å²) in [4.78, 5) is 8.56. The molecular formula is C12H8BrN3. The summed E-state index contributed by atoms with van der Waals surface area (Å²) < 4.78 is 2.82. The molecule has 0 saturated heterocycles. The van der Waals surface area contributed by atoms with Crippen LogP contribution in [0.15, 0.2) is 53.5 Å². The second kappa shape index (κ2) is 3.72. The van der Waals surface area contributed by atoms with Crippen molar-refractivity contribution in [1.82, 2.24) is 14.5 Å². The molecule has 0 aliphatic carbocycles. The lowest BCUT2D eigenvalue weighted by Gasteiger charge is -2.04. The van der Waals surface area contributed by atoms with E-state index in [1.54, 1.807) is 6.20 Å². The first-order valence-electron chi connectivity index (χ1n) is 4.89. The van der Waals surface area contributed by atoms with E-state index in [4.69, 9.17) is 0 Å². The van der Waals surface area contributed by atoms with Gasteiger partial charge in [0.1, 0.15) is 0 Å². The fourth-order valence-electron chi connectivity index (χ4n) is 1.73. The fourth-order valence-corrected chi connectivity index (χ4v) is 2.32. The lowest BCUT2D eigenvalue weighted by atomic mass is 10.3. The van der Waals surface area contributed by atoms with Crippen molar-refractivity contribution in [2.45, 2.75) is 0 Å². The Balaban J connectivity index is 2.35. The molecule has 0 saturated carbocycles. The van der Waals surface area contributed by atoms with Crippen LogP contribution in [-0.4, -0.2) is 14.5 Å². The minimum Gasteiger partial charge on any atom is -0.285 e. The van der Waals surface area contributed by atoms with Gasteiger partial charge in [0.25, 0.3) is 0 Å². The first-order chi connectivity index (χ1) is 7.86. The lowest BCUT2D eigenvalue weighted by molar-refractivity contribution is 1.03. The Kier molecular flexibility index (Phi) is 2.22. The summed E-state index contributed by atoms with van der Waals surface area (Å²) in [6.07, 6.45) is 3.58. The van der Waals surface area contributed by atoms with Gasteiger partial charge in [0.05, 0.1) is 22.9 Å². The highest BCUT2D eigenvalue weighted by molar-refractivity contribution is 9.10. The van der Waals surface area contributed by atoms with Crippen molar-refractivity contribution in [2.75, 3.05) is 0 Å². The zero-order chi connectivity index (χ0) is 11.0. The van der Waals surface area contributed by atoms with Gasteiger partial charge >= 0.3 is 0 Å². The smallest absolute Gasteiger partial charge is 0.182 e. The van der Waals surface area contributed by atoms with Gasteiger partial charge in [-0.05, 0) is 40.2 Å². The third-order valence-electron chi connectivity index (χ3n) is 2.42. The van der Waals surface area contributed by atoms with Gasteiger partial charge < -0.3 is 0 Å². The Bertz CT molecular complexity index is 631. The van der Waals surface area contributed by atoms with Crippen LogP contribution in [0.25, 0.3) is 16.7 Å². The molecule has 0 aliphatic rings. The molecule has 0 atom stereocenters. The molecule has 0 N–H and O–H groups in total. The summed E-state index contributed by atoms with van der Waals surface area (Å²) in [7, 11) is 0. The molecule has 0 amide bonds. The lowest BCUT2D eigenvalue weighted by Crippen LogP contribution is -1.94. The molecule has 0 radical (unpaired) electrons. The van der Waals surface area contributed by atoms with Crippen LogP contribution in [0.2, 0.25) is 0 Å². The van der Waals surface area contributed by atoms with Crippen molar-refractivity contribution >= 4 is 27.0 Å². The fraction of sp³-hybridized carbons (Fsp3) is 0. The molecule has 0 fully saturated rings. The average Bonchev–Trinajstić information content (AvgIpc) is 2.66. The highest BCUT2D eigenvalue weighted by Crippen LogP contribution is 2.23. The van der Waals surface area contributed by atoms with Crippen LogP contribution in [0.5, 0.6) is 0 Å². The summed E-state index contributed by atoms with van der Waals surface area (Å²) in [6, 6.07) is 11.9. The number of nitrogens with zero attached hydrogens (tertiary/aromatic N) is 3. The summed E-state index contributed by atoms with van der Waals surface area (Å²) in [5.74, 6) is 0. The topological polar surface area (TPSA) is 30.7 Å². The summed E-state index contributed by atoms with van der Waals surface area (Å²) in [6.45, 7) is 0. The molecule has 0 bridgehead atoms. The zero-order valence-electron chi connectivity index (χ0n) is 8.34. The van der Waals surface area contributed by atoms with Crippen LogP contribution in [0.1, 0.15) is 0 Å². The van der Waals surface area contributed by atoms with E-state index in [0.29, 0.717) is 0 Å². The Labute approximate surface area is 101 Å². The number of para-hydroxylation sites is 2. The van der Waals surface area contributed by atoms with Crippen LogP contribution in [0.4, 0.5) is 0 Å². The molecule has 4 heteroatoms. The first kappa shape index (κ1) is 9.54. The predicted octanol–water partition coefficient (Wildman–Crippen LogP) is 3.18. The first-order valence-corrected chi connectivity index (χ1v) is 5.69. The quantitative estimate of drug-likeness (QED) is 0.682. The van der Waals surface area contributed by atoms with E-state index < -0.39 is 0 Å². The number of imidazole rings is 1. The largest absolute Gasteiger partial charge is 0.285 e. The maximum absolute atomic E-state index is 4.44. The van der Waals surface area contributed by atoms with E-state index >= 15 is 0 Å². The number of hydrogen-bond acceptors (Lipinski definition) is 2. The van der Waals surface area contributed by atoms with E-state index in [1.807, 2.05) is 47.2 Å². The number of fused-ring (bicyclic) bond motifs is 1. The average molecular weight is 274 g/mol. The van der Waals surface area contributed by atoms with E-state index in [0.717, 1.165) is 21.5 Å². The summed E-state index contributed by atoms with van der Waals surface area (Å²) in [5, 5.41) is 0. The molecule has 0 aliphatic heterocycles. The van der Waals surface area contributed by atoms with Crippen LogP contribution >= 0.6 is 15.9 Å². The minimum absolute atomic E-state index is 0.793. The number of hydrogen-bond donors (Lipinski definition) is 0. The van der Waals surface area contributed by atoms with Crippen molar-refractivity contribution in [3.8, 4) is 5.69 Å². The van der Waals surface area contributed by atoms with Crippen molar-refractivity contribution in [3.05, 3.63) is 53.5 Å². The van der Waals surface area contributed by atoms with Crippen molar-refractivity contribution < 1.29 is 0 Å². The third kappa shape index (κ3) is 1.42. The van der Waals surface area contributed by atoms with E-state index in [-0.39, 0.29) is 0 Å². The highest BCUT2D eigenvalue weighted by Gasteiger charge is 2.08. The number of pyridine rings is 1. The Morgan fingerprint density at radius 1 is 1.06 bits per heavy atom. The van der Waals surface area contributed by atoms with Crippen LogP contribution in [0, 0.1) is 0 Å². The molecule has 78 valence electrons. The third-order valence-corrected chi connectivity index (χ3v) is 2.96. The molecular weight excluding hydrogens is 266 g/mol. The molecule has 2 heterocycles. The standard InChI is InChI=1S/C12H8BrN3/c13-12-15-10-5-1-2-6-11(10)16(12)9-4-3-7-14-8-9/h1-8H. The van der Waals surface area contributed by atoms with Gasteiger partial charge in [-0.1, -0.05) is 12.1 Å². The molecule has 3 aromatic rings. The van der Waals surface area contributed by atoms with Crippen molar-refractivity contribution in [3.63, 3.8) is 0 Å². The van der Waals surface area contributed by atoms with Crippen LogP contribution in [-0.2, 0) is 0 Å². The number of aromatic nitrogens is 3. The van der Waals surface area contributed by atoms with Gasteiger partial charge in [-0.15, -0.1) is 0 Å². The SMILES string of the molecule is Brc1nc2ccccc2n1-c1cccnc1. The number of rotatable bonds is 1. The van der Waals surface area contributed by atoms with Gasteiger partial charge in [-0.25, -0.2) is 4.98 Å². The summed E-state index contributed by atoms with van der Waals surface area (Å²) >= 11 is 3.47. The Morgan fingerprint density at radius 2 is 1.94 bits per heavy atom. The predicted molar refractivity (Wildman–Crippen MR) is 66.6 cm³/mol. The zero-order valence-corrected chi connectivity index (χ0v) is 9.92. The Morgan fingerprint density at radius 3 is 2.75 bits per heavy atom. The molecule has 0 unspecified atom stereocenters. The molecule has 1 aromatic carbocycles. The van der Waals surface area contributed by atoms with Crippen molar-refractivity contribution in [2.24, 2.45) is 0 Å². The van der Waals surface area contributed by atoms with Gasteiger partial charge in [-0.2, -0.15) is 0 Å². The number of benzene rings is 1. The second-order valence-corrected chi connectivity index (χ2v) is 4.13. The van der Waals surface area contributed by atoms with Gasteiger partial charge in [0.2, 0.25) is 0 Å². The van der Waals surface area contributed by atoms with Crippen LogP contribution < -0.4 is 0 Å². The maximum atomic E-state index is 4.44. The van der Waals surface area contributed by atoms with Gasteiger partial charge in [0, 0.05) is 6.20 Å². The second-order valence-electron chi connectivity index (χ2n) is 3.42.